The molecule has 3 rings (SSSR count). The molecule has 0 saturated carbocycles. The lowest BCUT2D eigenvalue weighted by Gasteiger charge is -2.48. The molecule has 3 aliphatic rings. The van der Waals surface area contributed by atoms with Crippen molar-refractivity contribution in [3.63, 3.8) is 0 Å². The Balaban J connectivity index is 1.59. The molecule has 0 bridgehead atoms. The topological polar surface area (TPSA) is 307 Å². The molecule has 3 heterocycles. The van der Waals surface area contributed by atoms with Gasteiger partial charge in [0.25, 0.3) is 0 Å². The number of amides is 1. The van der Waals surface area contributed by atoms with Crippen molar-refractivity contribution in [3.05, 3.63) is 48.6 Å². The first-order chi connectivity index (χ1) is 32.3. The van der Waals surface area contributed by atoms with Gasteiger partial charge in [0.15, 0.2) is 18.9 Å². The van der Waals surface area contributed by atoms with E-state index in [9.17, 15) is 61.0 Å². The standard InChI is InChI=1S/C48H83NO18/c1-3-5-7-9-11-13-14-15-16-18-20-22-24-26-36(54)49-31(32(53)25-23-21-19-17-12-10-8-6-4-2)30-62-46-42(60)39(57)44(34(28-51)64-46)67-48-43(61)40(58)45(35(29-52)65-48)66-47-41(59)38(56)37(55)33(27-50)63-47/h7,9,12-14,17,23,25,31-35,37-48,50-53,55-61H,3-6,8,10-11,15-16,18-22,24,26-30H2,1-2H3,(H,49,54)/b9-7-,14-13-,17-12+,25-23+. The van der Waals surface area contributed by atoms with Crippen LogP contribution in [0.25, 0.3) is 0 Å². The van der Waals surface area contributed by atoms with Gasteiger partial charge >= 0.3 is 0 Å². The van der Waals surface area contributed by atoms with Crippen LogP contribution >= 0.6 is 0 Å². The largest absolute Gasteiger partial charge is 0.394 e. The van der Waals surface area contributed by atoms with Crippen LogP contribution in [0, 0.1) is 0 Å². The third kappa shape index (κ3) is 19.8. The van der Waals surface area contributed by atoms with Crippen LogP contribution in [-0.2, 0) is 33.2 Å². The molecule has 19 nitrogen and oxygen atoms in total. The van der Waals surface area contributed by atoms with Crippen LogP contribution in [0.2, 0.25) is 0 Å². The van der Waals surface area contributed by atoms with Crippen LogP contribution in [0.3, 0.4) is 0 Å². The third-order valence-corrected chi connectivity index (χ3v) is 12.1. The van der Waals surface area contributed by atoms with Gasteiger partial charge in [0, 0.05) is 6.42 Å². The number of unbranched alkanes of at least 4 members (excludes halogenated alkanes) is 10. The molecule has 1 amide bonds. The highest BCUT2D eigenvalue weighted by Gasteiger charge is 2.53. The number of hydrogen-bond acceptors (Lipinski definition) is 18. The van der Waals surface area contributed by atoms with E-state index in [1.807, 2.05) is 6.08 Å². The number of nitrogens with one attached hydrogen (secondary N) is 1. The molecule has 3 saturated heterocycles. The molecule has 3 fully saturated rings. The zero-order valence-electron chi connectivity index (χ0n) is 39.4. The maximum atomic E-state index is 13.1. The van der Waals surface area contributed by atoms with Crippen LogP contribution in [0.5, 0.6) is 0 Å². The molecule has 0 spiro atoms. The van der Waals surface area contributed by atoms with Gasteiger partial charge in [-0.2, -0.15) is 0 Å². The van der Waals surface area contributed by atoms with Crippen LogP contribution in [0.15, 0.2) is 48.6 Å². The van der Waals surface area contributed by atoms with E-state index >= 15 is 0 Å². The van der Waals surface area contributed by atoms with Gasteiger partial charge < -0.3 is 89.9 Å². The van der Waals surface area contributed by atoms with E-state index in [2.05, 4.69) is 55.6 Å². The summed E-state index contributed by atoms with van der Waals surface area (Å²) in [6.07, 6.45) is 4.32. The number of aliphatic hydroxyl groups is 11. The summed E-state index contributed by atoms with van der Waals surface area (Å²) in [5.74, 6) is -0.308. The second-order valence-electron chi connectivity index (χ2n) is 17.6. The molecule has 0 aliphatic carbocycles. The van der Waals surface area contributed by atoms with E-state index < -0.39 is 124 Å². The maximum Gasteiger partial charge on any atom is 0.220 e. The highest BCUT2D eigenvalue weighted by molar-refractivity contribution is 5.76. The zero-order valence-corrected chi connectivity index (χ0v) is 39.4. The Morgan fingerprint density at radius 3 is 1.64 bits per heavy atom. The minimum absolute atomic E-state index is 0.216. The highest BCUT2D eigenvalue weighted by Crippen LogP contribution is 2.33. The van der Waals surface area contributed by atoms with E-state index in [4.69, 9.17) is 28.4 Å². The fourth-order valence-electron chi connectivity index (χ4n) is 7.95. The Bertz CT molecular complexity index is 1430. The smallest absolute Gasteiger partial charge is 0.220 e. The van der Waals surface area contributed by atoms with Gasteiger partial charge in [-0.3, -0.25) is 4.79 Å². The first kappa shape index (κ1) is 59.1. The molecule has 0 aromatic rings. The van der Waals surface area contributed by atoms with Gasteiger partial charge in [-0.25, -0.2) is 0 Å². The molecule has 67 heavy (non-hydrogen) atoms. The Labute approximate surface area is 395 Å². The molecule has 388 valence electrons. The quantitative estimate of drug-likeness (QED) is 0.0328. The molecule has 17 atom stereocenters. The molecular weight excluding hydrogens is 879 g/mol. The van der Waals surface area contributed by atoms with Crippen LogP contribution in [0.1, 0.15) is 117 Å². The lowest BCUT2D eigenvalue weighted by molar-refractivity contribution is -0.379. The number of ether oxygens (including phenoxy) is 6. The van der Waals surface area contributed by atoms with Crippen molar-refractivity contribution in [2.75, 3.05) is 26.4 Å². The molecule has 0 aromatic heterocycles. The Kier molecular flexibility index (Phi) is 29.4. The zero-order chi connectivity index (χ0) is 49.1. The van der Waals surface area contributed by atoms with Crippen molar-refractivity contribution < 1.29 is 89.4 Å². The molecule has 0 radical (unpaired) electrons. The van der Waals surface area contributed by atoms with Gasteiger partial charge in [-0.1, -0.05) is 101 Å². The lowest BCUT2D eigenvalue weighted by Crippen LogP contribution is -2.66. The van der Waals surface area contributed by atoms with Gasteiger partial charge in [-0.05, 0) is 57.8 Å². The van der Waals surface area contributed by atoms with Crippen LogP contribution < -0.4 is 5.32 Å². The summed E-state index contributed by atoms with van der Waals surface area (Å²) in [5, 5.41) is 119. The lowest BCUT2D eigenvalue weighted by atomic mass is 9.96. The first-order valence-corrected chi connectivity index (χ1v) is 24.4. The SMILES string of the molecule is CCC/C=C\C/C=C\CCCCCCCC(=O)NC(COC1OC(CO)C(OC2OC(CO)C(OC3OC(CO)C(O)C(O)C3O)C(O)C2O)C(O)C1O)C(O)/C=C/CC/C=C/CCCCC. The molecule has 17 unspecified atom stereocenters. The summed E-state index contributed by atoms with van der Waals surface area (Å²) in [6.45, 7) is 1.50. The summed E-state index contributed by atoms with van der Waals surface area (Å²) in [6, 6.07) is -0.993. The van der Waals surface area contributed by atoms with E-state index in [1.165, 1.54) is 6.42 Å². The number of carbonyl (C=O) groups is 1. The number of allylic oxidation sites excluding steroid dienone is 7. The normalized spacial score (nSPS) is 33.9. The molecule has 12 N–H and O–H groups in total. The van der Waals surface area contributed by atoms with Crippen molar-refractivity contribution in [2.45, 2.75) is 221 Å². The number of carbonyl (C=O) groups excluding carboxylic acids is 1. The van der Waals surface area contributed by atoms with Gasteiger partial charge in [0.1, 0.15) is 73.2 Å². The Morgan fingerprint density at radius 1 is 0.537 bits per heavy atom. The molecular formula is C48H83NO18. The predicted molar refractivity (Wildman–Crippen MR) is 245 cm³/mol. The fourth-order valence-corrected chi connectivity index (χ4v) is 7.95. The first-order valence-electron chi connectivity index (χ1n) is 24.4. The maximum absolute atomic E-state index is 13.1. The molecule has 3 aliphatic heterocycles. The second-order valence-corrected chi connectivity index (χ2v) is 17.6. The minimum Gasteiger partial charge on any atom is -0.394 e. The Morgan fingerprint density at radius 2 is 1.03 bits per heavy atom. The van der Waals surface area contributed by atoms with E-state index in [-0.39, 0.29) is 18.9 Å². The summed E-state index contributed by atoms with van der Waals surface area (Å²) >= 11 is 0. The minimum atomic E-state index is -1.98. The van der Waals surface area contributed by atoms with Crippen LogP contribution in [-0.4, -0.2) is 193 Å². The summed E-state index contributed by atoms with van der Waals surface area (Å²) < 4.78 is 34.0. The van der Waals surface area contributed by atoms with E-state index in [0.717, 1.165) is 77.0 Å². The van der Waals surface area contributed by atoms with Crippen molar-refractivity contribution >= 4 is 5.91 Å². The van der Waals surface area contributed by atoms with Gasteiger partial charge in [0.2, 0.25) is 5.91 Å². The fraction of sp³-hybridized carbons (Fsp3) is 0.812. The van der Waals surface area contributed by atoms with Crippen molar-refractivity contribution in [2.24, 2.45) is 0 Å². The average molecular weight is 962 g/mol. The highest BCUT2D eigenvalue weighted by atomic mass is 16.8. The number of hydrogen-bond donors (Lipinski definition) is 12. The van der Waals surface area contributed by atoms with Gasteiger partial charge in [0.05, 0.1) is 38.6 Å². The summed E-state index contributed by atoms with van der Waals surface area (Å²) in [4.78, 5) is 13.1. The summed E-state index contributed by atoms with van der Waals surface area (Å²) in [7, 11) is 0. The van der Waals surface area contributed by atoms with Crippen LogP contribution in [0.4, 0.5) is 0 Å². The second kappa shape index (κ2) is 33.4. The predicted octanol–water partition coefficient (Wildman–Crippen LogP) is 0.803. The molecule has 0 aromatic carbocycles. The third-order valence-electron chi connectivity index (χ3n) is 12.1. The summed E-state index contributed by atoms with van der Waals surface area (Å²) in [5.41, 5.74) is 0. The van der Waals surface area contributed by atoms with Crippen molar-refractivity contribution in [1.82, 2.24) is 5.32 Å². The Hall–Kier alpha value is -2.25. The van der Waals surface area contributed by atoms with Crippen molar-refractivity contribution in [3.8, 4) is 0 Å². The van der Waals surface area contributed by atoms with Crippen molar-refractivity contribution in [1.29, 1.82) is 0 Å². The van der Waals surface area contributed by atoms with E-state index in [1.54, 1.807) is 6.08 Å². The molecule has 19 heteroatoms. The number of rotatable bonds is 32. The van der Waals surface area contributed by atoms with E-state index in [0.29, 0.717) is 12.8 Å². The van der Waals surface area contributed by atoms with Gasteiger partial charge in [-0.15, -0.1) is 0 Å². The number of aliphatic hydroxyl groups excluding tert-OH is 11. The average Bonchev–Trinajstić information content (AvgIpc) is 3.32. The monoisotopic (exact) mass is 962 g/mol.